The van der Waals surface area contributed by atoms with Crippen molar-refractivity contribution in [2.45, 2.75) is 25.9 Å². The zero-order valence-electron chi connectivity index (χ0n) is 11.6. The summed E-state index contributed by atoms with van der Waals surface area (Å²) >= 11 is 0. The Labute approximate surface area is 121 Å². The third-order valence-corrected chi connectivity index (χ3v) is 3.20. The van der Waals surface area contributed by atoms with Crippen LogP contribution in [0, 0.1) is 0 Å². The van der Waals surface area contributed by atoms with E-state index in [0.29, 0.717) is 5.56 Å². The average molecular weight is 292 g/mol. The molecule has 110 valence electrons. The first-order valence-corrected chi connectivity index (χ1v) is 6.72. The lowest BCUT2D eigenvalue weighted by Gasteiger charge is -2.08. The zero-order chi connectivity index (χ0) is 15.5. The highest BCUT2D eigenvalue weighted by Gasteiger charge is 2.30. The maximum atomic E-state index is 12.5. The van der Waals surface area contributed by atoms with Crippen molar-refractivity contribution in [2.75, 3.05) is 0 Å². The van der Waals surface area contributed by atoms with Crippen LogP contribution in [0.3, 0.4) is 0 Å². The van der Waals surface area contributed by atoms with Crippen LogP contribution in [0.15, 0.2) is 48.5 Å². The molecule has 0 N–H and O–H groups in total. The van der Waals surface area contributed by atoms with Crippen molar-refractivity contribution in [2.24, 2.45) is 0 Å². The van der Waals surface area contributed by atoms with Crippen molar-refractivity contribution in [1.82, 2.24) is 0 Å². The molecular weight excluding hydrogens is 277 g/mol. The van der Waals surface area contributed by atoms with Crippen molar-refractivity contribution < 1.29 is 18.0 Å². The van der Waals surface area contributed by atoms with Crippen LogP contribution in [0.5, 0.6) is 0 Å². The smallest absolute Gasteiger partial charge is 0.289 e. The van der Waals surface area contributed by atoms with E-state index in [1.807, 2.05) is 13.0 Å². The molecule has 0 aliphatic carbocycles. The fourth-order valence-corrected chi connectivity index (χ4v) is 2.13. The minimum absolute atomic E-state index is 0.261. The van der Waals surface area contributed by atoms with Gasteiger partial charge in [0.25, 0.3) is 0 Å². The minimum atomic E-state index is -4.39. The van der Waals surface area contributed by atoms with Gasteiger partial charge in [-0.25, -0.2) is 0 Å². The van der Waals surface area contributed by atoms with E-state index < -0.39 is 11.7 Å². The van der Waals surface area contributed by atoms with Gasteiger partial charge in [0.15, 0.2) is 5.78 Å². The predicted molar refractivity (Wildman–Crippen MR) is 75.3 cm³/mol. The highest BCUT2D eigenvalue weighted by molar-refractivity contribution is 6.09. The maximum Gasteiger partial charge on any atom is 0.416 e. The van der Waals surface area contributed by atoms with Crippen molar-refractivity contribution in [3.63, 3.8) is 0 Å². The minimum Gasteiger partial charge on any atom is -0.289 e. The predicted octanol–water partition coefficient (Wildman–Crippen LogP) is 4.89. The summed E-state index contributed by atoms with van der Waals surface area (Å²) in [6.45, 7) is 2.05. The van der Waals surface area contributed by atoms with E-state index in [4.69, 9.17) is 0 Å². The standard InChI is InChI=1S/C17H15F3O/c1-2-4-12-5-3-6-14(11-12)16(21)13-7-9-15(10-8-13)17(18,19)20/h3,5-11H,2,4H2,1H3. The second-order valence-electron chi connectivity index (χ2n) is 4.85. The van der Waals surface area contributed by atoms with Gasteiger partial charge in [0.2, 0.25) is 0 Å². The van der Waals surface area contributed by atoms with Gasteiger partial charge >= 0.3 is 6.18 Å². The van der Waals surface area contributed by atoms with Gasteiger partial charge in [0, 0.05) is 11.1 Å². The summed E-state index contributed by atoms with van der Waals surface area (Å²) in [6, 6.07) is 11.5. The summed E-state index contributed by atoms with van der Waals surface area (Å²) in [6.07, 6.45) is -2.55. The molecule has 1 nitrogen and oxygen atoms in total. The number of hydrogen-bond donors (Lipinski definition) is 0. The summed E-state index contributed by atoms with van der Waals surface area (Å²) < 4.78 is 37.5. The van der Waals surface area contributed by atoms with Gasteiger partial charge in [-0.3, -0.25) is 4.79 Å². The third-order valence-electron chi connectivity index (χ3n) is 3.20. The molecule has 0 atom stereocenters. The molecule has 0 bridgehead atoms. The van der Waals surface area contributed by atoms with E-state index in [0.717, 1.165) is 30.5 Å². The van der Waals surface area contributed by atoms with E-state index in [9.17, 15) is 18.0 Å². The van der Waals surface area contributed by atoms with Gasteiger partial charge in [-0.2, -0.15) is 13.2 Å². The first-order valence-electron chi connectivity index (χ1n) is 6.72. The van der Waals surface area contributed by atoms with Crippen LogP contribution in [-0.2, 0) is 12.6 Å². The number of halogens is 3. The van der Waals surface area contributed by atoms with E-state index >= 15 is 0 Å². The Hall–Kier alpha value is -2.10. The number of alkyl halides is 3. The summed E-state index contributed by atoms with van der Waals surface area (Å²) in [5.74, 6) is -0.262. The molecule has 0 spiro atoms. The number of rotatable bonds is 4. The van der Waals surface area contributed by atoms with Crippen LogP contribution in [0.4, 0.5) is 13.2 Å². The summed E-state index contributed by atoms with van der Waals surface area (Å²) in [7, 11) is 0. The Morgan fingerprint density at radius 2 is 1.67 bits per heavy atom. The topological polar surface area (TPSA) is 17.1 Å². The zero-order valence-corrected chi connectivity index (χ0v) is 11.6. The molecule has 0 fully saturated rings. The molecule has 4 heteroatoms. The van der Waals surface area contributed by atoms with Crippen LogP contribution < -0.4 is 0 Å². The van der Waals surface area contributed by atoms with Crippen LogP contribution in [0.25, 0.3) is 0 Å². The van der Waals surface area contributed by atoms with Gasteiger partial charge in [-0.15, -0.1) is 0 Å². The number of hydrogen-bond acceptors (Lipinski definition) is 1. The molecule has 0 aliphatic heterocycles. The highest BCUT2D eigenvalue weighted by Crippen LogP contribution is 2.29. The fourth-order valence-electron chi connectivity index (χ4n) is 2.13. The van der Waals surface area contributed by atoms with Crippen molar-refractivity contribution >= 4 is 5.78 Å². The van der Waals surface area contributed by atoms with Crippen molar-refractivity contribution in [3.05, 3.63) is 70.8 Å². The Bertz CT molecular complexity index is 627. The second kappa shape index (κ2) is 6.12. The highest BCUT2D eigenvalue weighted by atomic mass is 19.4. The number of carbonyl (C=O) groups excluding carboxylic acids is 1. The molecule has 0 aliphatic rings. The monoisotopic (exact) mass is 292 g/mol. The van der Waals surface area contributed by atoms with E-state index in [1.165, 1.54) is 12.1 Å². The molecular formula is C17H15F3O. The van der Waals surface area contributed by atoms with Gasteiger partial charge in [-0.05, 0) is 30.2 Å². The van der Waals surface area contributed by atoms with Gasteiger partial charge < -0.3 is 0 Å². The number of carbonyl (C=O) groups is 1. The summed E-state index contributed by atoms with van der Waals surface area (Å²) in [5, 5.41) is 0. The lowest BCUT2D eigenvalue weighted by atomic mass is 9.99. The SMILES string of the molecule is CCCc1cccc(C(=O)c2ccc(C(F)(F)F)cc2)c1. The number of aryl methyl sites for hydroxylation is 1. The molecule has 2 rings (SSSR count). The van der Waals surface area contributed by atoms with Crippen molar-refractivity contribution in [3.8, 4) is 0 Å². The Balaban J connectivity index is 2.26. The van der Waals surface area contributed by atoms with Gasteiger partial charge in [0.1, 0.15) is 0 Å². The quantitative estimate of drug-likeness (QED) is 0.733. The van der Waals surface area contributed by atoms with Crippen LogP contribution in [-0.4, -0.2) is 5.78 Å². The molecule has 21 heavy (non-hydrogen) atoms. The largest absolute Gasteiger partial charge is 0.416 e. The molecule has 0 heterocycles. The first kappa shape index (κ1) is 15.3. The van der Waals surface area contributed by atoms with E-state index in [2.05, 4.69) is 0 Å². The third kappa shape index (κ3) is 3.72. The second-order valence-corrected chi connectivity index (χ2v) is 4.85. The van der Waals surface area contributed by atoms with Crippen LogP contribution in [0.2, 0.25) is 0 Å². The molecule has 0 unspecified atom stereocenters. The maximum absolute atomic E-state index is 12.5. The Kier molecular flexibility index (Phi) is 4.46. The Morgan fingerprint density at radius 1 is 1.00 bits per heavy atom. The first-order chi connectivity index (χ1) is 9.91. The molecule has 2 aromatic carbocycles. The van der Waals surface area contributed by atoms with Crippen molar-refractivity contribution in [1.29, 1.82) is 0 Å². The summed E-state index contributed by atoms with van der Waals surface area (Å²) in [5.41, 5.74) is 1.06. The molecule has 2 aromatic rings. The molecule has 0 amide bonds. The average Bonchev–Trinajstić information content (AvgIpc) is 2.46. The van der Waals surface area contributed by atoms with E-state index in [1.54, 1.807) is 18.2 Å². The molecule has 0 saturated heterocycles. The Morgan fingerprint density at radius 3 is 2.24 bits per heavy atom. The van der Waals surface area contributed by atoms with Gasteiger partial charge in [0.05, 0.1) is 5.56 Å². The molecule has 0 saturated carbocycles. The van der Waals surface area contributed by atoms with Crippen LogP contribution >= 0.6 is 0 Å². The number of ketones is 1. The van der Waals surface area contributed by atoms with E-state index in [-0.39, 0.29) is 11.3 Å². The van der Waals surface area contributed by atoms with Gasteiger partial charge in [-0.1, -0.05) is 43.7 Å². The van der Waals surface area contributed by atoms with Crippen LogP contribution in [0.1, 0.15) is 40.4 Å². The molecule has 0 aromatic heterocycles. The normalized spacial score (nSPS) is 11.4. The lowest BCUT2D eigenvalue weighted by Crippen LogP contribution is -2.06. The number of benzene rings is 2. The summed E-state index contributed by atoms with van der Waals surface area (Å²) in [4.78, 5) is 12.3. The lowest BCUT2D eigenvalue weighted by molar-refractivity contribution is -0.137. The molecule has 0 radical (unpaired) electrons. The fraction of sp³-hybridized carbons (Fsp3) is 0.235.